The number of nitrogens with one attached hydrogen (secondary N) is 2. The molecule has 19 heavy (non-hydrogen) atoms. The van der Waals surface area contributed by atoms with Crippen molar-refractivity contribution in [2.24, 2.45) is 0 Å². The summed E-state index contributed by atoms with van der Waals surface area (Å²) < 4.78 is 0. The van der Waals surface area contributed by atoms with Gasteiger partial charge in [0.1, 0.15) is 11.0 Å². The highest BCUT2D eigenvalue weighted by Crippen LogP contribution is 2.24. The fourth-order valence-corrected chi connectivity index (χ4v) is 2.39. The number of rotatable bonds is 5. The molecule has 0 bridgehead atoms. The number of aromatic nitrogens is 2. The molecular formula is C13H20ClN5. The van der Waals surface area contributed by atoms with Crippen molar-refractivity contribution in [2.45, 2.75) is 32.6 Å². The van der Waals surface area contributed by atoms with Gasteiger partial charge in [0, 0.05) is 25.8 Å². The quantitative estimate of drug-likeness (QED) is 0.643. The summed E-state index contributed by atoms with van der Waals surface area (Å²) in [6.45, 7) is 4.86. The molecule has 104 valence electrons. The molecule has 1 aliphatic rings. The van der Waals surface area contributed by atoms with Gasteiger partial charge in [0.2, 0.25) is 5.95 Å². The fourth-order valence-electron chi connectivity index (χ4n) is 2.17. The highest BCUT2D eigenvalue weighted by Gasteiger charge is 2.17. The molecule has 1 aromatic heterocycles. The molecule has 2 rings (SSSR count). The molecule has 0 radical (unpaired) electrons. The minimum absolute atomic E-state index is 0.351. The van der Waals surface area contributed by atoms with E-state index in [-0.39, 0.29) is 0 Å². The van der Waals surface area contributed by atoms with Crippen LogP contribution in [0.15, 0.2) is 0 Å². The smallest absolute Gasteiger partial charge is 0.228 e. The number of anilines is 2. The highest BCUT2D eigenvalue weighted by atomic mass is 35.5. The van der Waals surface area contributed by atoms with Crippen LogP contribution in [0.25, 0.3) is 0 Å². The van der Waals surface area contributed by atoms with E-state index in [1.54, 1.807) is 0 Å². The van der Waals surface area contributed by atoms with Gasteiger partial charge in [-0.25, -0.2) is 4.98 Å². The van der Waals surface area contributed by atoms with Crippen molar-refractivity contribution in [3.8, 4) is 0 Å². The number of hydrogen-bond acceptors (Lipinski definition) is 5. The van der Waals surface area contributed by atoms with Crippen LogP contribution in [0, 0.1) is 5.41 Å². The first kappa shape index (κ1) is 14.1. The Bertz CT molecular complexity index is 443. The largest absolute Gasteiger partial charge is 0.369 e. The van der Waals surface area contributed by atoms with Gasteiger partial charge in [-0.3, -0.25) is 0 Å². The summed E-state index contributed by atoms with van der Waals surface area (Å²) in [5, 5.41) is 11.0. The summed E-state index contributed by atoms with van der Waals surface area (Å²) in [6, 6.07) is 0. The molecule has 5 nitrogen and oxygen atoms in total. The van der Waals surface area contributed by atoms with Crippen LogP contribution < -0.4 is 10.2 Å². The maximum atomic E-state index is 7.43. The molecule has 2 N–H and O–H groups in total. The molecule has 2 heterocycles. The first-order valence-electron chi connectivity index (χ1n) is 6.83. The zero-order valence-corrected chi connectivity index (χ0v) is 12.0. The van der Waals surface area contributed by atoms with Gasteiger partial charge in [-0.1, -0.05) is 18.5 Å². The summed E-state index contributed by atoms with van der Waals surface area (Å²) in [5.74, 6) is 1.34. The van der Waals surface area contributed by atoms with Gasteiger partial charge in [-0.15, -0.1) is 0 Å². The topological polar surface area (TPSA) is 64.9 Å². The van der Waals surface area contributed by atoms with Crippen LogP contribution >= 0.6 is 11.6 Å². The summed E-state index contributed by atoms with van der Waals surface area (Å²) in [4.78, 5) is 11.0. The van der Waals surface area contributed by atoms with E-state index in [0.717, 1.165) is 26.1 Å². The Kier molecular flexibility index (Phi) is 4.96. The second-order valence-electron chi connectivity index (χ2n) is 4.70. The van der Waals surface area contributed by atoms with Crippen molar-refractivity contribution in [3.63, 3.8) is 0 Å². The van der Waals surface area contributed by atoms with Crippen molar-refractivity contribution < 1.29 is 0 Å². The van der Waals surface area contributed by atoms with E-state index in [1.165, 1.54) is 25.5 Å². The average Bonchev–Trinajstić information content (AvgIpc) is 2.45. The van der Waals surface area contributed by atoms with Crippen molar-refractivity contribution in [1.82, 2.24) is 9.97 Å². The maximum Gasteiger partial charge on any atom is 0.228 e. The standard InChI is InChI=1S/C13H20ClN5/c1-2-6-16-12-10(9-15)11(14)17-13(18-12)19-7-4-3-5-8-19/h9,15H,2-8H2,1H3,(H,16,17,18). The van der Waals surface area contributed by atoms with E-state index in [1.807, 2.05) is 0 Å². The molecule has 0 spiro atoms. The van der Waals surface area contributed by atoms with Crippen molar-refractivity contribution in [3.05, 3.63) is 10.7 Å². The van der Waals surface area contributed by atoms with Crippen LogP contribution in [0.5, 0.6) is 0 Å². The van der Waals surface area contributed by atoms with Gasteiger partial charge in [0.05, 0.1) is 5.56 Å². The van der Waals surface area contributed by atoms with E-state index in [2.05, 4.69) is 27.1 Å². The predicted octanol–water partition coefficient (Wildman–Crippen LogP) is 2.94. The summed E-state index contributed by atoms with van der Waals surface area (Å²) in [6.07, 6.45) is 5.82. The highest BCUT2D eigenvalue weighted by molar-refractivity contribution is 6.32. The lowest BCUT2D eigenvalue weighted by Crippen LogP contribution is -2.31. The minimum Gasteiger partial charge on any atom is -0.369 e. The van der Waals surface area contributed by atoms with Crippen LogP contribution in [-0.4, -0.2) is 35.8 Å². The van der Waals surface area contributed by atoms with Crippen molar-refractivity contribution >= 4 is 29.6 Å². The Labute approximate surface area is 118 Å². The van der Waals surface area contributed by atoms with Gasteiger partial charge in [-0.2, -0.15) is 4.98 Å². The zero-order chi connectivity index (χ0) is 13.7. The molecule has 6 heteroatoms. The molecule has 0 aliphatic carbocycles. The first-order chi connectivity index (χ1) is 9.26. The molecule has 0 unspecified atom stereocenters. The van der Waals surface area contributed by atoms with Gasteiger partial charge in [0.25, 0.3) is 0 Å². The third-order valence-corrected chi connectivity index (χ3v) is 3.50. The maximum absolute atomic E-state index is 7.43. The Hall–Kier alpha value is -1.36. The first-order valence-corrected chi connectivity index (χ1v) is 7.21. The molecule has 1 saturated heterocycles. The van der Waals surface area contributed by atoms with Crippen LogP contribution in [0.2, 0.25) is 5.15 Å². The minimum atomic E-state index is 0.351. The van der Waals surface area contributed by atoms with E-state index in [9.17, 15) is 0 Å². The van der Waals surface area contributed by atoms with Crippen LogP contribution in [-0.2, 0) is 0 Å². The SMILES string of the molecule is CCCNc1nc(N2CCCCC2)nc(Cl)c1C=N. The fraction of sp³-hybridized carbons (Fsp3) is 0.615. The van der Waals surface area contributed by atoms with Crippen molar-refractivity contribution in [1.29, 1.82) is 5.41 Å². The molecule has 1 aromatic rings. The molecule has 0 atom stereocenters. The monoisotopic (exact) mass is 281 g/mol. The van der Waals surface area contributed by atoms with Crippen molar-refractivity contribution in [2.75, 3.05) is 29.9 Å². The van der Waals surface area contributed by atoms with E-state index >= 15 is 0 Å². The molecular weight excluding hydrogens is 262 g/mol. The second-order valence-corrected chi connectivity index (χ2v) is 5.05. The Morgan fingerprint density at radius 3 is 2.68 bits per heavy atom. The van der Waals surface area contributed by atoms with Crippen LogP contribution in [0.3, 0.4) is 0 Å². The summed E-state index contributed by atoms with van der Waals surface area (Å²) in [7, 11) is 0. The van der Waals surface area contributed by atoms with Crippen LogP contribution in [0.1, 0.15) is 38.2 Å². The third kappa shape index (κ3) is 3.35. The number of hydrogen-bond donors (Lipinski definition) is 2. The average molecular weight is 282 g/mol. The Balaban J connectivity index is 2.28. The molecule has 0 aromatic carbocycles. The normalized spacial score (nSPS) is 15.4. The lowest BCUT2D eigenvalue weighted by atomic mass is 10.1. The molecule has 1 aliphatic heterocycles. The molecule has 0 amide bonds. The molecule has 1 fully saturated rings. The Morgan fingerprint density at radius 1 is 1.32 bits per heavy atom. The summed E-state index contributed by atoms with van der Waals surface area (Å²) >= 11 is 6.16. The van der Waals surface area contributed by atoms with E-state index in [0.29, 0.717) is 22.5 Å². The predicted molar refractivity (Wildman–Crippen MR) is 79.8 cm³/mol. The molecule has 0 saturated carbocycles. The Morgan fingerprint density at radius 2 is 2.05 bits per heavy atom. The lowest BCUT2D eigenvalue weighted by Gasteiger charge is -2.27. The number of nitrogens with zero attached hydrogens (tertiary/aromatic N) is 3. The van der Waals surface area contributed by atoms with Gasteiger partial charge in [-0.05, 0) is 25.7 Å². The van der Waals surface area contributed by atoms with E-state index < -0.39 is 0 Å². The van der Waals surface area contributed by atoms with Gasteiger partial charge >= 0.3 is 0 Å². The van der Waals surface area contributed by atoms with Gasteiger partial charge < -0.3 is 15.6 Å². The van der Waals surface area contributed by atoms with E-state index in [4.69, 9.17) is 17.0 Å². The number of halogens is 1. The lowest BCUT2D eigenvalue weighted by molar-refractivity contribution is 0.568. The number of piperidine rings is 1. The van der Waals surface area contributed by atoms with Gasteiger partial charge in [0.15, 0.2) is 0 Å². The zero-order valence-electron chi connectivity index (χ0n) is 11.2. The second kappa shape index (κ2) is 6.70. The van der Waals surface area contributed by atoms with Crippen LogP contribution in [0.4, 0.5) is 11.8 Å². The summed E-state index contributed by atoms with van der Waals surface area (Å²) in [5.41, 5.74) is 0.566. The third-order valence-electron chi connectivity index (χ3n) is 3.21.